The molecule has 0 bridgehead atoms. The smallest absolute Gasteiger partial charge is 0.267 e. The minimum absolute atomic E-state index is 0.107. The summed E-state index contributed by atoms with van der Waals surface area (Å²) in [6.45, 7) is 0. The van der Waals surface area contributed by atoms with Gasteiger partial charge in [0.25, 0.3) is 11.6 Å². The Kier molecular flexibility index (Phi) is 5.80. The zero-order valence-corrected chi connectivity index (χ0v) is 16.6. The van der Waals surface area contributed by atoms with Gasteiger partial charge in [-0.2, -0.15) is 10.2 Å². The number of hydrogen-bond acceptors (Lipinski definition) is 5. The maximum Gasteiger partial charge on any atom is 0.271 e. The first-order valence-electron chi connectivity index (χ1n) is 9.50. The summed E-state index contributed by atoms with van der Waals surface area (Å²) in [5.41, 5.74) is 4.89. The topological polar surface area (TPSA) is 102 Å². The van der Waals surface area contributed by atoms with Gasteiger partial charge in [0.15, 0.2) is 0 Å². The minimum atomic E-state index is -0.594. The first-order chi connectivity index (χ1) is 15.5. The quantitative estimate of drug-likeness (QED) is 0.280. The van der Waals surface area contributed by atoms with E-state index in [-0.39, 0.29) is 17.1 Å². The Hall–Kier alpha value is -4.66. The van der Waals surface area contributed by atoms with Gasteiger partial charge in [-0.3, -0.25) is 14.9 Å². The van der Waals surface area contributed by atoms with Crippen molar-refractivity contribution >= 4 is 17.8 Å². The molecule has 1 aromatic heterocycles. The molecule has 158 valence electrons. The molecule has 0 atom stereocenters. The molecule has 1 amide bonds. The number of hydrogen-bond donors (Lipinski definition) is 1. The number of carbonyl (C=O) groups is 1. The van der Waals surface area contributed by atoms with Gasteiger partial charge in [0.2, 0.25) is 0 Å². The largest absolute Gasteiger partial charge is 0.271 e. The second kappa shape index (κ2) is 9.00. The van der Waals surface area contributed by atoms with Crippen LogP contribution in [0.5, 0.6) is 0 Å². The van der Waals surface area contributed by atoms with Crippen molar-refractivity contribution in [2.24, 2.45) is 5.10 Å². The molecule has 0 fully saturated rings. The van der Waals surface area contributed by atoms with Gasteiger partial charge in [-0.25, -0.2) is 14.5 Å². The van der Waals surface area contributed by atoms with Crippen molar-refractivity contribution in [3.8, 4) is 16.9 Å². The van der Waals surface area contributed by atoms with Crippen molar-refractivity contribution < 1.29 is 14.1 Å². The third-order valence-electron chi connectivity index (χ3n) is 4.57. The van der Waals surface area contributed by atoms with Crippen molar-refractivity contribution in [2.45, 2.75) is 0 Å². The number of halogens is 1. The van der Waals surface area contributed by atoms with Crippen LogP contribution < -0.4 is 5.43 Å². The first kappa shape index (κ1) is 20.6. The lowest BCUT2D eigenvalue weighted by molar-refractivity contribution is -0.384. The van der Waals surface area contributed by atoms with Gasteiger partial charge in [-0.1, -0.05) is 24.3 Å². The van der Waals surface area contributed by atoms with Gasteiger partial charge < -0.3 is 0 Å². The summed E-state index contributed by atoms with van der Waals surface area (Å²) in [4.78, 5) is 22.6. The number of nitrogens with zero attached hydrogens (tertiary/aromatic N) is 4. The zero-order valence-electron chi connectivity index (χ0n) is 16.6. The van der Waals surface area contributed by atoms with E-state index in [1.807, 2.05) is 30.3 Å². The molecule has 8 nitrogen and oxygen atoms in total. The third-order valence-corrected chi connectivity index (χ3v) is 4.57. The molecule has 0 aliphatic carbocycles. The number of rotatable bonds is 6. The van der Waals surface area contributed by atoms with Crippen molar-refractivity contribution in [3.63, 3.8) is 0 Å². The Morgan fingerprint density at radius 3 is 2.53 bits per heavy atom. The predicted molar refractivity (Wildman–Crippen MR) is 117 cm³/mol. The third kappa shape index (κ3) is 4.57. The van der Waals surface area contributed by atoms with Gasteiger partial charge in [0.1, 0.15) is 11.5 Å². The fourth-order valence-corrected chi connectivity index (χ4v) is 3.01. The average Bonchev–Trinajstić information content (AvgIpc) is 3.24. The van der Waals surface area contributed by atoms with Crippen LogP contribution in [0.2, 0.25) is 0 Å². The highest BCUT2D eigenvalue weighted by atomic mass is 19.1. The van der Waals surface area contributed by atoms with Crippen LogP contribution in [0.4, 0.5) is 10.1 Å². The standard InChI is InChI=1S/C23H16FN5O3/c24-19-11-9-16(10-12-19)22-18(15-28(27-22)20-6-2-1-3-7-20)14-25-26-23(30)17-5-4-8-21(13-17)29(31)32/h1-15H,(H,26,30)/b25-14+. The Bertz CT molecular complexity index is 1300. The van der Waals surface area contributed by atoms with Crippen molar-refractivity contribution in [3.05, 3.63) is 112 Å². The summed E-state index contributed by atoms with van der Waals surface area (Å²) < 4.78 is 15.0. The van der Waals surface area contributed by atoms with Gasteiger partial charge in [-0.15, -0.1) is 0 Å². The van der Waals surface area contributed by atoms with E-state index < -0.39 is 10.8 Å². The molecule has 0 radical (unpaired) electrons. The summed E-state index contributed by atoms with van der Waals surface area (Å²) in [7, 11) is 0. The van der Waals surface area contributed by atoms with Gasteiger partial charge >= 0.3 is 0 Å². The molecule has 0 spiro atoms. The maximum absolute atomic E-state index is 13.4. The van der Waals surface area contributed by atoms with Crippen molar-refractivity contribution in [2.75, 3.05) is 0 Å². The summed E-state index contributed by atoms with van der Waals surface area (Å²) in [6, 6.07) is 20.6. The molecule has 1 heterocycles. The highest BCUT2D eigenvalue weighted by Gasteiger charge is 2.13. The SMILES string of the molecule is O=C(N/N=C/c1cn(-c2ccccc2)nc1-c1ccc(F)cc1)c1cccc([N+](=O)[O-])c1. The van der Waals surface area contributed by atoms with E-state index in [4.69, 9.17) is 0 Å². The number of nitrogens with one attached hydrogen (secondary N) is 1. The Balaban J connectivity index is 1.62. The van der Waals surface area contributed by atoms with Crippen LogP contribution in [-0.2, 0) is 0 Å². The number of carbonyl (C=O) groups excluding carboxylic acids is 1. The number of nitro groups is 1. The van der Waals surface area contributed by atoms with E-state index in [0.29, 0.717) is 16.8 Å². The second-order valence-corrected chi connectivity index (χ2v) is 6.73. The highest BCUT2D eigenvalue weighted by molar-refractivity contribution is 5.96. The molecule has 32 heavy (non-hydrogen) atoms. The van der Waals surface area contributed by atoms with E-state index in [1.54, 1.807) is 23.0 Å². The molecular formula is C23H16FN5O3. The second-order valence-electron chi connectivity index (χ2n) is 6.73. The molecule has 4 aromatic rings. The van der Waals surface area contributed by atoms with E-state index >= 15 is 0 Å². The number of para-hydroxylation sites is 1. The lowest BCUT2D eigenvalue weighted by Gasteiger charge is -2.01. The molecule has 1 N–H and O–H groups in total. The van der Waals surface area contributed by atoms with Crippen LogP contribution in [0.15, 0.2) is 90.2 Å². The van der Waals surface area contributed by atoms with E-state index in [9.17, 15) is 19.3 Å². The molecule has 0 saturated carbocycles. The van der Waals surface area contributed by atoms with Crippen LogP contribution in [0.25, 0.3) is 16.9 Å². The Labute approximate surface area is 181 Å². The first-order valence-corrected chi connectivity index (χ1v) is 9.50. The molecule has 0 saturated heterocycles. The van der Waals surface area contributed by atoms with Crippen molar-refractivity contribution in [1.29, 1.82) is 0 Å². The van der Waals surface area contributed by atoms with Crippen molar-refractivity contribution in [1.82, 2.24) is 15.2 Å². The number of aromatic nitrogens is 2. The van der Waals surface area contributed by atoms with Crippen LogP contribution in [-0.4, -0.2) is 26.8 Å². The minimum Gasteiger partial charge on any atom is -0.267 e. The number of nitro benzene ring substituents is 1. The maximum atomic E-state index is 13.4. The zero-order chi connectivity index (χ0) is 22.5. The molecule has 4 rings (SSSR count). The molecular weight excluding hydrogens is 413 g/mol. The molecule has 0 aliphatic heterocycles. The highest BCUT2D eigenvalue weighted by Crippen LogP contribution is 2.23. The predicted octanol–water partition coefficient (Wildman–Crippen LogP) is 4.35. The van der Waals surface area contributed by atoms with Gasteiger partial charge in [-0.05, 0) is 42.5 Å². The molecule has 9 heteroatoms. The van der Waals surface area contributed by atoms with E-state index in [1.165, 1.54) is 42.6 Å². The molecule has 3 aromatic carbocycles. The number of non-ortho nitro benzene ring substituents is 1. The summed E-state index contributed by atoms with van der Waals surface area (Å²) in [5.74, 6) is -0.959. The normalized spacial score (nSPS) is 10.9. The molecule has 0 aliphatic rings. The number of amides is 1. The van der Waals surface area contributed by atoms with E-state index in [2.05, 4.69) is 15.6 Å². The van der Waals surface area contributed by atoms with Crippen LogP contribution >= 0.6 is 0 Å². The molecule has 0 unspecified atom stereocenters. The Morgan fingerprint density at radius 2 is 1.81 bits per heavy atom. The Morgan fingerprint density at radius 1 is 1.06 bits per heavy atom. The van der Waals surface area contributed by atoms with Crippen LogP contribution in [0, 0.1) is 15.9 Å². The fraction of sp³-hybridized carbons (Fsp3) is 0. The number of benzene rings is 3. The summed E-state index contributed by atoms with van der Waals surface area (Å²) in [6.07, 6.45) is 3.15. The fourth-order valence-electron chi connectivity index (χ4n) is 3.01. The number of hydrazone groups is 1. The lowest BCUT2D eigenvalue weighted by atomic mass is 10.1. The summed E-state index contributed by atoms with van der Waals surface area (Å²) >= 11 is 0. The monoisotopic (exact) mass is 429 g/mol. The van der Waals surface area contributed by atoms with Crippen LogP contribution in [0.3, 0.4) is 0 Å². The van der Waals surface area contributed by atoms with Gasteiger partial charge in [0, 0.05) is 35.0 Å². The van der Waals surface area contributed by atoms with Gasteiger partial charge in [0.05, 0.1) is 16.8 Å². The lowest BCUT2D eigenvalue weighted by Crippen LogP contribution is -2.17. The average molecular weight is 429 g/mol. The van der Waals surface area contributed by atoms with Crippen LogP contribution in [0.1, 0.15) is 15.9 Å². The summed E-state index contributed by atoms with van der Waals surface area (Å²) in [5, 5.41) is 19.5. The van der Waals surface area contributed by atoms with E-state index in [0.717, 1.165) is 5.69 Å².